The van der Waals surface area contributed by atoms with Gasteiger partial charge in [-0.1, -0.05) is 60.7 Å². The molecule has 0 aliphatic carbocycles. The summed E-state index contributed by atoms with van der Waals surface area (Å²) < 4.78 is 10.1. The van der Waals surface area contributed by atoms with Crippen molar-refractivity contribution in [2.75, 3.05) is 0 Å². The Kier molecular flexibility index (Phi) is 5.47. The third kappa shape index (κ3) is 4.44. The second kappa shape index (κ2) is 8.08. The lowest BCUT2D eigenvalue weighted by molar-refractivity contribution is 0.00715. The quantitative estimate of drug-likeness (QED) is 0.716. The number of hydrogen-bond acceptors (Lipinski definition) is 3. The Morgan fingerprint density at radius 1 is 0.810 bits per heavy atom. The number of aromatic nitrogens is 1. The van der Waals surface area contributed by atoms with Crippen LogP contribution in [0.3, 0.4) is 0 Å². The van der Waals surface area contributed by atoms with Gasteiger partial charge >= 0.3 is 0 Å². The maximum atomic E-state index is 9.13. The highest BCUT2D eigenvalue weighted by Gasteiger charge is 1.99. The molecule has 0 saturated heterocycles. The first-order valence-corrected chi connectivity index (χ1v) is 6.37. The van der Waals surface area contributed by atoms with Crippen LogP contribution in [0.1, 0.15) is 5.56 Å². The van der Waals surface area contributed by atoms with Gasteiger partial charge in [-0.25, -0.2) is 0 Å². The Balaban J connectivity index is 2.74. The van der Waals surface area contributed by atoms with Crippen molar-refractivity contribution in [2.24, 2.45) is 0 Å². The molecule has 0 bridgehead atoms. The normalized spacial score (nSPS) is 8.90. The van der Waals surface area contributed by atoms with Crippen LogP contribution in [0.4, 0.5) is 0 Å². The summed E-state index contributed by atoms with van der Waals surface area (Å²) in [5, 5.41) is 12.4. The van der Waals surface area contributed by atoms with E-state index in [0.29, 0.717) is 11.1 Å². The van der Waals surface area contributed by atoms with E-state index in [1.54, 1.807) is 24.4 Å². The maximum absolute atomic E-state index is 9.13. The smallest absolute Gasteiger partial charge is 0.206 e. The van der Waals surface area contributed by atoms with Crippen LogP contribution in [0.15, 0.2) is 88.3 Å². The SMILES string of the molecule is N#Cc1cccc2cccccccccc[nH]ooc12. The van der Waals surface area contributed by atoms with E-state index in [2.05, 4.69) is 11.2 Å². The van der Waals surface area contributed by atoms with Gasteiger partial charge in [0.15, 0.2) is 0 Å². The van der Waals surface area contributed by atoms with E-state index < -0.39 is 0 Å². The van der Waals surface area contributed by atoms with Crippen molar-refractivity contribution < 1.29 is 9.26 Å². The topological polar surface area (TPSA) is 65.9 Å². The van der Waals surface area contributed by atoms with Gasteiger partial charge in [0, 0.05) is 11.6 Å². The summed E-state index contributed by atoms with van der Waals surface area (Å²) in [6.45, 7) is 0. The molecule has 104 valence electrons. The van der Waals surface area contributed by atoms with Crippen molar-refractivity contribution in [1.82, 2.24) is 5.16 Å². The highest BCUT2D eigenvalue weighted by molar-refractivity contribution is 5.81. The molecular weight excluding hydrogens is 264 g/mol. The summed E-state index contributed by atoms with van der Waals surface area (Å²) in [6, 6.07) is 24.2. The maximum Gasteiger partial charge on any atom is 0.206 e. The average molecular weight is 278 g/mol. The molecule has 0 aliphatic heterocycles. The van der Waals surface area contributed by atoms with Gasteiger partial charge in [-0.3, -0.25) is 4.58 Å². The van der Waals surface area contributed by atoms with Crippen molar-refractivity contribution >= 4 is 11.0 Å². The molecule has 4 nitrogen and oxygen atoms in total. The van der Waals surface area contributed by atoms with Crippen molar-refractivity contribution in [3.8, 4) is 6.07 Å². The predicted molar refractivity (Wildman–Crippen MR) is 80.4 cm³/mol. The number of H-pyrrole nitrogens is 1. The Morgan fingerprint density at radius 3 is 2.24 bits per heavy atom. The number of nitrogens with zero attached hydrogens (tertiary/aromatic N) is 1. The minimum Gasteiger partial charge on any atom is -0.267 e. The second-order valence-electron chi connectivity index (χ2n) is 3.99. The highest BCUT2D eigenvalue weighted by atomic mass is 17.0. The van der Waals surface area contributed by atoms with E-state index in [1.165, 1.54) is 0 Å². The Bertz CT molecular complexity index is 789. The zero-order valence-corrected chi connectivity index (χ0v) is 11.3. The largest absolute Gasteiger partial charge is 0.267 e. The van der Waals surface area contributed by atoms with E-state index in [1.807, 2.05) is 54.6 Å². The first-order valence-electron chi connectivity index (χ1n) is 6.37. The van der Waals surface area contributed by atoms with Crippen LogP contribution in [0.5, 0.6) is 0 Å². The van der Waals surface area contributed by atoms with E-state index in [4.69, 9.17) is 14.5 Å². The number of para-hydroxylation sites is 1. The summed E-state index contributed by atoms with van der Waals surface area (Å²) in [4.78, 5) is 0. The molecule has 2 aromatic rings. The van der Waals surface area contributed by atoms with Gasteiger partial charge in [-0.05, 0) is 12.1 Å². The fourth-order valence-electron chi connectivity index (χ4n) is 1.60. The summed E-state index contributed by atoms with van der Waals surface area (Å²) in [5.41, 5.74) is 0.766. The Labute approximate surface area is 122 Å². The highest BCUT2D eigenvalue weighted by Crippen LogP contribution is 2.14. The van der Waals surface area contributed by atoms with E-state index in [-0.39, 0.29) is 0 Å². The van der Waals surface area contributed by atoms with E-state index in [0.717, 1.165) is 5.39 Å². The summed E-state index contributed by atoms with van der Waals surface area (Å²) in [6.07, 6.45) is 1.57. The van der Waals surface area contributed by atoms with E-state index in [9.17, 15) is 0 Å². The van der Waals surface area contributed by atoms with Crippen LogP contribution in [0, 0.1) is 11.3 Å². The number of aromatic amines is 1. The number of fused-ring (bicyclic) bond motifs is 1. The van der Waals surface area contributed by atoms with E-state index >= 15 is 0 Å². The summed E-state index contributed by atoms with van der Waals surface area (Å²) in [5.74, 6) is 0. The molecule has 0 atom stereocenters. The molecule has 0 fully saturated rings. The molecule has 2 rings (SSSR count). The number of hydrogen-bond donors (Lipinski definition) is 1. The zero-order chi connectivity index (χ0) is 14.8. The standard InChI is InChI=1S/C17H14N2O2/c18-14-16-12-9-11-15-10-7-5-3-1-2-4-6-8-13-19-21-20-17(15)16/h1-13,19H. The van der Waals surface area contributed by atoms with Crippen LogP contribution in [-0.4, -0.2) is 5.16 Å². The van der Waals surface area contributed by atoms with Gasteiger partial charge in [-0.2, -0.15) is 15.1 Å². The van der Waals surface area contributed by atoms with Crippen LogP contribution >= 0.6 is 0 Å². The van der Waals surface area contributed by atoms with Crippen molar-refractivity contribution in [3.63, 3.8) is 0 Å². The van der Waals surface area contributed by atoms with Crippen LogP contribution < -0.4 is 0 Å². The molecule has 21 heavy (non-hydrogen) atoms. The lowest BCUT2D eigenvalue weighted by Gasteiger charge is -1.91. The zero-order valence-electron chi connectivity index (χ0n) is 11.3. The molecule has 0 aliphatic rings. The number of benzene rings is 1. The molecule has 0 unspecified atom stereocenters. The number of rotatable bonds is 0. The third-order valence-corrected chi connectivity index (χ3v) is 2.56. The summed E-state index contributed by atoms with van der Waals surface area (Å²) >= 11 is 0. The fourth-order valence-corrected chi connectivity index (χ4v) is 1.60. The van der Waals surface area contributed by atoms with Crippen LogP contribution in [0.2, 0.25) is 0 Å². The van der Waals surface area contributed by atoms with Gasteiger partial charge in [0.25, 0.3) is 0 Å². The minimum absolute atomic E-state index is 0.367. The molecule has 0 saturated carbocycles. The monoisotopic (exact) mass is 278 g/mol. The van der Waals surface area contributed by atoms with Gasteiger partial charge in [0.2, 0.25) is 5.58 Å². The van der Waals surface area contributed by atoms with Gasteiger partial charge < -0.3 is 0 Å². The lowest BCUT2D eigenvalue weighted by atomic mass is 10.1. The van der Waals surface area contributed by atoms with Crippen LogP contribution in [-0.2, 0) is 0 Å². The van der Waals surface area contributed by atoms with Gasteiger partial charge in [0.05, 0.1) is 0 Å². The fraction of sp³-hybridized carbons (Fsp3) is 0. The molecule has 0 amide bonds. The number of nitrogens with one attached hydrogen (secondary N) is 1. The van der Waals surface area contributed by atoms with Gasteiger partial charge in [0.1, 0.15) is 11.6 Å². The first-order chi connectivity index (χ1) is 10.4. The number of nitriles is 1. The van der Waals surface area contributed by atoms with Crippen molar-refractivity contribution in [2.45, 2.75) is 0 Å². The predicted octanol–water partition coefficient (Wildman–Crippen LogP) is 4.60. The second-order valence-corrected chi connectivity index (χ2v) is 3.99. The lowest BCUT2D eigenvalue weighted by Crippen LogP contribution is -1.76. The van der Waals surface area contributed by atoms with Crippen molar-refractivity contribution in [3.05, 3.63) is 84.6 Å². The Morgan fingerprint density at radius 2 is 1.48 bits per heavy atom. The minimum atomic E-state index is 0.367. The first kappa shape index (κ1) is 14.2. The molecule has 0 spiro atoms. The molecule has 0 radical (unpaired) electrons. The van der Waals surface area contributed by atoms with Crippen LogP contribution in [0.25, 0.3) is 11.0 Å². The Hall–Kier alpha value is -3.19. The molecular formula is C17H14N2O2. The molecule has 1 aromatic heterocycles. The summed E-state index contributed by atoms with van der Waals surface area (Å²) in [7, 11) is 0. The molecule has 1 N–H and O–H groups in total. The van der Waals surface area contributed by atoms with Gasteiger partial charge in [-0.15, -0.1) is 0 Å². The molecule has 1 heterocycles. The molecule has 4 heteroatoms. The molecule has 1 aromatic carbocycles. The van der Waals surface area contributed by atoms with Crippen molar-refractivity contribution in [1.29, 1.82) is 5.26 Å². The average Bonchev–Trinajstić information content (AvgIpc) is 2.52. The third-order valence-electron chi connectivity index (χ3n) is 2.56.